The molecule has 2 amide bonds. The third-order valence-electron chi connectivity index (χ3n) is 7.46. The molecule has 2 aliphatic rings. The Labute approximate surface area is 232 Å². The van der Waals surface area contributed by atoms with Crippen molar-refractivity contribution >= 4 is 27.6 Å². The van der Waals surface area contributed by atoms with Gasteiger partial charge in [0, 0.05) is 24.2 Å². The monoisotopic (exact) mass is 562 g/mol. The SMILES string of the molecule is CCCC(NC(=O)c1ccc(-c2ccccc2)cc1)C(=O)N1CCC2C1C(=O)CN2S(=O)(=O)c1cccc[n+]1[O-]. The van der Waals surface area contributed by atoms with Gasteiger partial charge >= 0.3 is 15.0 Å². The molecule has 2 aliphatic heterocycles. The maximum absolute atomic E-state index is 13.6. The van der Waals surface area contributed by atoms with Crippen LogP contribution in [-0.4, -0.2) is 66.4 Å². The molecule has 3 aromatic rings. The number of carbonyl (C=O) groups excluding carboxylic acids is 3. The Balaban J connectivity index is 1.31. The van der Waals surface area contributed by atoms with Crippen LogP contribution >= 0.6 is 0 Å². The van der Waals surface area contributed by atoms with Gasteiger partial charge in [-0.3, -0.25) is 14.4 Å². The molecule has 0 saturated carbocycles. The van der Waals surface area contributed by atoms with Crippen molar-refractivity contribution in [2.75, 3.05) is 13.1 Å². The van der Waals surface area contributed by atoms with E-state index in [9.17, 15) is 28.0 Å². The second-order valence-electron chi connectivity index (χ2n) is 9.97. The number of carbonyl (C=O) groups is 3. The Bertz CT molecular complexity index is 1530. The zero-order valence-corrected chi connectivity index (χ0v) is 22.8. The molecule has 2 aromatic carbocycles. The van der Waals surface area contributed by atoms with Crippen LogP contribution in [0.25, 0.3) is 11.1 Å². The zero-order chi connectivity index (χ0) is 28.4. The van der Waals surface area contributed by atoms with Crippen molar-refractivity contribution in [2.24, 2.45) is 0 Å². The number of sulfonamides is 1. The molecular formula is C29H30N4O6S. The minimum atomic E-state index is -4.26. The number of hydrogen-bond donors (Lipinski definition) is 1. The summed E-state index contributed by atoms with van der Waals surface area (Å²) in [6.07, 6.45) is 2.30. The number of amides is 2. The Morgan fingerprint density at radius 3 is 2.38 bits per heavy atom. The Morgan fingerprint density at radius 2 is 1.70 bits per heavy atom. The summed E-state index contributed by atoms with van der Waals surface area (Å²) in [5, 5.41) is 14.5. The van der Waals surface area contributed by atoms with E-state index in [-0.39, 0.29) is 17.7 Å². The Hall–Kier alpha value is -4.09. The third kappa shape index (κ3) is 5.09. The first-order valence-corrected chi connectivity index (χ1v) is 14.7. The first-order valence-electron chi connectivity index (χ1n) is 13.2. The lowest BCUT2D eigenvalue weighted by atomic mass is 10.0. The second kappa shape index (κ2) is 11.2. The summed E-state index contributed by atoms with van der Waals surface area (Å²) in [5.41, 5.74) is 2.38. The van der Waals surface area contributed by atoms with Gasteiger partial charge in [-0.1, -0.05) is 55.8 Å². The van der Waals surface area contributed by atoms with Crippen molar-refractivity contribution in [1.82, 2.24) is 14.5 Å². The lowest BCUT2D eigenvalue weighted by Crippen LogP contribution is -2.52. The van der Waals surface area contributed by atoms with E-state index in [2.05, 4.69) is 5.32 Å². The molecule has 0 bridgehead atoms. The van der Waals surface area contributed by atoms with E-state index in [1.807, 2.05) is 49.4 Å². The molecule has 3 heterocycles. The summed E-state index contributed by atoms with van der Waals surface area (Å²) in [7, 11) is -4.26. The first-order chi connectivity index (χ1) is 19.2. The molecule has 0 radical (unpaired) electrons. The van der Waals surface area contributed by atoms with E-state index in [1.165, 1.54) is 23.1 Å². The highest BCUT2D eigenvalue weighted by Crippen LogP contribution is 2.34. The Kier molecular flexibility index (Phi) is 7.68. The summed E-state index contributed by atoms with van der Waals surface area (Å²) >= 11 is 0. The quantitative estimate of drug-likeness (QED) is 0.331. The summed E-state index contributed by atoms with van der Waals surface area (Å²) < 4.78 is 27.8. The Morgan fingerprint density at radius 1 is 1.02 bits per heavy atom. The zero-order valence-electron chi connectivity index (χ0n) is 22.0. The van der Waals surface area contributed by atoms with E-state index in [0.29, 0.717) is 18.4 Å². The van der Waals surface area contributed by atoms with Gasteiger partial charge in [-0.2, -0.15) is 9.04 Å². The topological polar surface area (TPSA) is 131 Å². The van der Waals surface area contributed by atoms with Crippen LogP contribution in [0.5, 0.6) is 0 Å². The predicted octanol–water partition coefficient (Wildman–Crippen LogP) is 2.13. The van der Waals surface area contributed by atoms with E-state index >= 15 is 0 Å². The van der Waals surface area contributed by atoms with Crippen LogP contribution in [0, 0.1) is 5.21 Å². The van der Waals surface area contributed by atoms with Crippen LogP contribution < -0.4 is 10.0 Å². The van der Waals surface area contributed by atoms with Gasteiger partial charge in [0.15, 0.2) is 12.0 Å². The summed E-state index contributed by atoms with van der Waals surface area (Å²) in [5.74, 6) is -1.24. The lowest BCUT2D eigenvalue weighted by Gasteiger charge is -2.28. The smallest absolute Gasteiger partial charge is 0.323 e. The number of ketones is 1. The molecule has 2 fully saturated rings. The van der Waals surface area contributed by atoms with Crippen LogP contribution in [0.2, 0.25) is 0 Å². The van der Waals surface area contributed by atoms with Crippen molar-refractivity contribution < 1.29 is 27.5 Å². The molecule has 11 heteroatoms. The van der Waals surface area contributed by atoms with Gasteiger partial charge in [-0.05, 0) is 42.2 Å². The van der Waals surface area contributed by atoms with Gasteiger partial charge < -0.3 is 15.4 Å². The number of likely N-dealkylation sites (tertiary alicyclic amines) is 1. The average Bonchev–Trinajstić information content (AvgIpc) is 3.54. The van der Waals surface area contributed by atoms with Gasteiger partial charge in [0.1, 0.15) is 12.1 Å². The number of benzene rings is 2. The molecular weight excluding hydrogens is 532 g/mol. The highest BCUT2D eigenvalue weighted by Gasteiger charge is 2.55. The molecule has 0 aliphatic carbocycles. The van der Waals surface area contributed by atoms with Crippen LogP contribution in [-0.2, 0) is 19.6 Å². The van der Waals surface area contributed by atoms with E-state index in [1.54, 1.807) is 12.1 Å². The number of pyridine rings is 1. The molecule has 3 unspecified atom stereocenters. The van der Waals surface area contributed by atoms with Crippen LogP contribution in [0.3, 0.4) is 0 Å². The molecule has 3 atom stereocenters. The predicted molar refractivity (Wildman–Crippen MR) is 146 cm³/mol. The maximum atomic E-state index is 13.6. The highest BCUT2D eigenvalue weighted by molar-refractivity contribution is 7.89. The standard InChI is InChI=1S/C29H30N4O6S/c1-2-8-23(30-28(35)22-14-12-21(13-15-22)20-9-4-3-5-10-20)29(36)31-18-16-24-27(31)25(34)19-33(24)40(38,39)26-11-6-7-17-32(26)37/h3-7,9-15,17,23-24,27H,2,8,16,18-19H2,1H3,(H,30,35). The lowest BCUT2D eigenvalue weighted by molar-refractivity contribution is -0.646. The van der Waals surface area contributed by atoms with Crippen molar-refractivity contribution in [3.05, 3.63) is 89.8 Å². The first kappa shape index (κ1) is 27.5. The molecule has 1 N–H and O–H groups in total. The number of nitrogens with one attached hydrogen (secondary N) is 1. The second-order valence-corrected chi connectivity index (χ2v) is 11.8. The van der Waals surface area contributed by atoms with Gasteiger partial charge in [0.2, 0.25) is 5.91 Å². The fourth-order valence-electron chi connectivity index (χ4n) is 5.51. The molecule has 10 nitrogen and oxygen atoms in total. The van der Waals surface area contributed by atoms with Gasteiger partial charge in [0.05, 0.1) is 12.6 Å². The number of nitrogens with zero attached hydrogens (tertiary/aromatic N) is 3. The molecule has 208 valence electrons. The molecule has 40 heavy (non-hydrogen) atoms. The molecule has 1 aromatic heterocycles. The van der Waals surface area contributed by atoms with Gasteiger partial charge in [-0.15, -0.1) is 0 Å². The average molecular weight is 563 g/mol. The normalized spacial score (nSPS) is 19.8. The number of rotatable bonds is 8. The van der Waals surface area contributed by atoms with Gasteiger partial charge in [0.25, 0.3) is 5.91 Å². The van der Waals surface area contributed by atoms with Crippen molar-refractivity contribution in [2.45, 2.75) is 49.3 Å². The van der Waals surface area contributed by atoms with E-state index < -0.39 is 57.3 Å². The van der Waals surface area contributed by atoms with Crippen molar-refractivity contribution in [1.29, 1.82) is 0 Å². The number of Topliss-reactive ketones (excluding diaryl/α,β-unsaturated/α-hetero) is 1. The van der Waals surface area contributed by atoms with Crippen LogP contribution in [0.4, 0.5) is 0 Å². The fraction of sp³-hybridized carbons (Fsp3) is 0.310. The molecule has 2 saturated heterocycles. The highest BCUT2D eigenvalue weighted by atomic mass is 32.2. The summed E-state index contributed by atoms with van der Waals surface area (Å²) in [4.78, 5) is 41.2. The number of fused-ring (bicyclic) bond motifs is 1. The molecule has 5 rings (SSSR count). The minimum absolute atomic E-state index is 0.167. The minimum Gasteiger partial charge on any atom is -0.618 e. The van der Waals surface area contributed by atoms with E-state index in [4.69, 9.17) is 0 Å². The third-order valence-corrected chi connectivity index (χ3v) is 9.32. The van der Waals surface area contributed by atoms with Gasteiger partial charge in [-0.25, -0.2) is 8.42 Å². The maximum Gasteiger partial charge on any atom is 0.323 e. The summed E-state index contributed by atoms with van der Waals surface area (Å²) in [6.45, 7) is 1.63. The van der Waals surface area contributed by atoms with Crippen molar-refractivity contribution in [3.63, 3.8) is 0 Å². The van der Waals surface area contributed by atoms with Crippen molar-refractivity contribution in [3.8, 4) is 11.1 Å². The number of hydrogen-bond acceptors (Lipinski definition) is 6. The molecule has 0 spiro atoms. The summed E-state index contributed by atoms with van der Waals surface area (Å²) in [6, 6.07) is 18.3. The number of aromatic nitrogens is 1. The van der Waals surface area contributed by atoms with E-state index in [0.717, 1.165) is 21.6 Å². The van der Waals surface area contributed by atoms with Crippen LogP contribution in [0.1, 0.15) is 36.5 Å². The largest absolute Gasteiger partial charge is 0.618 e. The van der Waals surface area contributed by atoms with Crippen LogP contribution in [0.15, 0.2) is 84.0 Å². The fourth-order valence-corrected chi connectivity index (χ4v) is 7.16.